The fourth-order valence-corrected chi connectivity index (χ4v) is 4.80. The Morgan fingerprint density at radius 2 is 1.74 bits per heavy atom. The monoisotopic (exact) mass is 469 g/mol. The number of aryl methyl sites for hydroxylation is 3. The first-order valence-electron chi connectivity index (χ1n) is 10.8. The van der Waals surface area contributed by atoms with Crippen LogP contribution in [0.1, 0.15) is 22.4 Å². The van der Waals surface area contributed by atoms with Gasteiger partial charge in [-0.25, -0.2) is 0 Å². The van der Waals surface area contributed by atoms with Crippen LogP contribution in [0.3, 0.4) is 0 Å². The standard InChI is InChI=1S/C26H23N5O2S/c1-16-8-4-5-12-21(16)33-15-22-29-31-24(27)20(25(32)28-26(31)34-22)14-19-11-7-13-30(19)23-17(2)9-6-10-18(23)3/h4-14,27H,15H2,1-3H3/b20-14+,27-24?. The summed E-state index contributed by atoms with van der Waals surface area (Å²) in [5.41, 5.74) is 5.33. The highest BCUT2D eigenvalue weighted by atomic mass is 32.2. The molecule has 0 spiro atoms. The number of carbonyl (C=O) groups is 1. The van der Waals surface area contributed by atoms with Crippen LogP contribution in [-0.2, 0) is 4.79 Å². The second-order valence-corrected chi connectivity index (χ2v) is 9.15. The molecule has 3 aromatic rings. The van der Waals surface area contributed by atoms with E-state index in [9.17, 15) is 4.79 Å². The first kappa shape index (κ1) is 21.9. The number of amidine groups is 2. The Balaban J connectivity index is 1.42. The molecule has 2 aliphatic rings. The summed E-state index contributed by atoms with van der Waals surface area (Å²) in [6.45, 7) is 6.33. The number of hydrazone groups is 1. The Labute approximate surface area is 202 Å². The van der Waals surface area contributed by atoms with Crippen molar-refractivity contribution < 1.29 is 9.53 Å². The van der Waals surface area contributed by atoms with Crippen molar-refractivity contribution in [2.45, 2.75) is 20.8 Å². The van der Waals surface area contributed by atoms with Gasteiger partial charge in [0.1, 0.15) is 17.4 Å². The molecule has 0 bridgehead atoms. The fraction of sp³-hybridized carbons (Fsp3) is 0.154. The average Bonchev–Trinajstić information content (AvgIpc) is 3.43. The summed E-state index contributed by atoms with van der Waals surface area (Å²) in [6, 6.07) is 17.7. The maximum absolute atomic E-state index is 12.9. The van der Waals surface area contributed by atoms with E-state index < -0.39 is 5.91 Å². The highest BCUT2D eigenvalue weighted by Gasteiger charge is 2.36. The van der Waals surface area contributed by atoms with Gasteiger partial charge < -0.3 is 9.30 Å². The molecular formula is C26H23N5O2S. The predicted molar refractivity (Wildman–Crippen MR) is 137 cm³/mol. The van der Waals surface area contributed by atoms with Gasteiger partial charge in [-0.15, -0.1) is 0 Å². The molecular weight excluding hydrogens is 446 g/mol. The van der Waals surface area contributed by atoms with Crippen LogP contribution in [0.15, 0.2) is 76.5 Å². The third kappa shape index (κ3) is 3.97. The van der Waals surface area contributed by atoms with Gasteiger partial charge >= 0.3 is 0 Å². The third-order valence-electron chi connectivity index (χ3n) is 5.69. The lowest BCUT2D eigenvalue weighted by molar-refractivity contribution is -0.114. The number of amides is 1. The first-order valence-corrected chi connectivity index (χ1v) is 11.7. The molecule has 34 heavy (non-hydrogen) atoms. The molecule has 0 fully saturated rings. The molecule has 1 aromatic heterocycles. The molecule has 8 heteroatoms. The van der Waals surface area contributed by atoms with Crippen molar-refractivity contribution in [3.8, 4) is 11.4 Å². The zero-order valence-electron chi connectivity index (χ0n) is 19.1. The lowest BCUT2D eigenvalue weighted by Gasteiger charge is -2.20. The van der Waals surface area contributed by atoms with Crippen LogP contribution in [0.4, 0.5) is 0 Å². The number of hydrogen-bond acceptors (Lipinski definition) is 5. The van der Waals surface area contributed by atoms with Gasteiger partial charge in [-0.3, -0.25) is 10.2 Å². The highest BCUT2D eigenvalue weighted by molar-refractivity contribution is 8.27. The lowest BCUT2D eigenvalue weighted by Crippen LogP contribution is -2.35. The molecule has 0 aliphatic carbocycles. The van der Waals surface area contributed by atoms with E-state index in [2.05, 4.69) is 36.1 Å². The largest absolute Gasteiger partial charge is 0.486 e. The van der Waals surface area contributed by atoms with E-state index in [4.69, 9.17) is 10.1 Å². The number of fused-ring (bicyclic) bond motifs is 1. The number of para-hydroxylation sites is 2. The number of carbonyl (C=O) groups excluding carboxylic acids is 1. The second-order valence-electron chi connectivity index (χ2n) is 8.11. The zero-order chi connectivity index (χ0) is 23.8. The molecule has 7 nitrogen and oxygen atoms in total. The van der Waals surface area contributed by atoms with E-state index in [0.717, 1.165) is 33.8 Å². The van der Waals surface area contributed by atoms with Crippen LogP contribution in [0, 0.1) is 26.2 Å². The molecule has 0 saturated heterocycles. The summed E-state index contributed by atoms with van der Waals surface area (Å²) < 4.78 is 7.91. The summed E-state index contributed by atoms with van der Waals surface area (Å²) >= 11 is 1.25. The Morgan fingerprint density at radius 1 is 1.00 bits per heavy atom. The number of benzene rings is 2. The quantitative estimate of drug-likeness (QED) is 0.527. The number of rotatable bonds is 5. The summed E-state index contributed by atoms with van der Waals surface area (Å²) in [6.07, 6.45) is 3.66. The van der Waals surface area contributed by atoms with E-state index in [-0.39, 0.29) is 18.0 Å². The molecule has 170 valence electrons. The minimum atomic E-state index is -0.450. The highest BCUT2D eigenvalue weighted by Crippen LogP contribution is 2.30. The number of nitrogens with one attached hydrogen (secondary N) is 1. The molecule has 3 heterocycles. The van der Waals surface area contributed by atoms with Crippen LogP contribution in [-0.4, -0.2) is 38.1 Å². The fourth-order valence-electron chi connectivity index (χ4n) is 4.00. The molecule has 0 radical (unpaired) electrons. The van der Waals surface area contributed by atoms with Crippen LogP contribution >= 0.6 is 11.8 Å². The molecule has 1 amide bonds. The van der Waals surface area contributed by atoms with Crippen molar-refractivity contribution in [3.05, 3.63) is 88.8 Å². The van der Waals surface area contributed by atoms with Gasteiger partial charge in [-0.1, -0.05) is 36.4 Å². The Kier molecular flexibility index (Phi) is 5.67. The van der Waals surface area contributed by atoms with Gasteiger partial charge in [-0.2, -0.15) is 15.1 Å². The summed E-state index contributed by atoms with van der Waals surface area (Å²) in [5, 5.41) is 15.6. The van der Waals surface area contributed by atoms with E-state index >= 15 is 0 Å². The van der Waals surface area contributed by atoms with Gasteiger partial charge in [-0.05, 0) is 73.5 Å². The molecule has 0 saturated carbocycles. The van der Waals surface area contributed by atoms with Crippen LogP contribution in [0.2, 0.25) is 0 Å². The summed E-state index contributed by atoms with van der Waals surface area (Å²) in [7, 11) is 0. The number of aromatic nitrogens is 1. The number of aliphatic imine (C=N–C) groups is 1. The number of ether oxygens (including phenoxy) is 1. The van der Waals surface area contributed by atoms with Crippen LogP contribution in [0.5, 0.6) is 5.75 Å². The maximum atomic E-state index is 12.9. The van der Waals surface area contributed by atoms with Crippen molar-refractivity contribution >= 4 is 39.8 Å². The average molecular weight is 470 g/mol. The van der Waals surface area contributed by atoms with Gasteiger partial charge in [0.05, 0.1) is 11.3 Å². The van der Waals surface area contributed by atoms with E-state index in [0.29, 0.717) is 10.2 Å². The zero-order valence-corrected chi connectivity index (χ0v) is 19.9. The van der Waals surface area contributed by atoms with Gasteiger partial charge in [0.2, 0.25) is 5.17 Å². The topological polar surface area (TPSA) is 83.0 Å². The molecule has 2 aliphatic heterocycles. The molecule has 1 N–H and O–H groups in total. The van der Waals surface area contributed by atoms with Gasteiger partial charge in [0.15, 0.2) is 5.84 Å². The number of thioether (sulfide) groups is 1. The van der Waals surface area contributed by atoms with Crippen LogP contribution < -0.4 is 4.74 Å². The first-order chi connectivity index (χ1) is 16.4. The number of nitrogens with zero attached hydrogens (tertiary/aromatic N) is 4. The van der Waals surface area contributed by atoms with E-state index in [1.54, 1.807) is 6.08 Å². The van der Waals surface area contributed by atoms with E-state index in [1.165, 1.54) is 16.8 Å². The predicted octanol–water partition coefficient (Wildman–Crippen LogP) is 5.10. The van der Waals surface area contributed by atoms with Crippen molar-refractivity contribution in [2.75, 3.05) is 6.61 Å². The van der Waals surface area contributed by atoms with Gasteiger partial charge in [0, 0.05) is 11.9 Å². The van der Waals surface area contributed by atoms with Crippen LogP contribution in [0.25, 0.3) is 11.8 Å². The molecule has 0 atom stereocenters. The smallest absolute Gasteiger partial charge is 0.283 e. The summed E-state index contributed by atoms with van der Waals surface area (Å²) in [4.78, 5) is 17.1. The second kappa shape index (κ2) is 8.79. The Bertz CT molecular complexity index is 1400. The molecule has 0 unspecified atom stereocenters. The van der Waals surface area contributed by atoms with Crippen molar-refractivity contribution in [1.82, 2.24) is 9.58 Å². The summed E-state index contributed by atoms with van der Waals surface area (Å²) in [5.74, 6) is 0.327. The Morgan fingerprint density at radius 3 is 2.50 bits per heavy atom. The van der Waals surface area contributed by atoms with Crippen molar-refractivity contribution in [2.24, 2.45) is 10.1 Å². The third-order valence-corrected chi connectivity index (χ3v) is 6.58. The number of hydrogen-bond donors (Lipinski definition) is 1. The van der Waals surface area contributed by atoms with Gasteiger partial charge in [0.25, 0.3) is 5.91 Å². The Hall–Kier alpha value is -3.91. The lowest BCUT2D eigenvalue weighted by atomic mass is 10.1. The normalized spacial score (nSPS) is 16.6. The molecule has 5 rings (SSSR count). The molecule has 2 aromatic carbocycles. The van der Waals surface area contributed by atoms with E-state index in [1.807, 2.05) is 60.2 Å². The van der Waals surface area contributed by atoms with Crippen molar-refractivity contribution in [3.63, 3.8) is 0 Å². The minimum absolute atomic E-state index is 0.00245. The maximum Gasteiger partial charge on any atom is 0.283 e. The van der Waals surface area contributed by atoms with Crippen molar-refractivity contribution in [1.29, 1.82) is 5.41 Å². The minimum Gasteiger partial charge on any atom is -0.486 e. The SMILES string of the molecule is Cc1ccccc1OCC1=NN2C(=N)/C(=C\c3cccn3-c3c(C)cccc3C)C(=O)N=C2S1.